The summed E-state index contributed by atoms with van der Waals surface area (Å²) in [6.07, 6.45) is 0. The molecule has 2 nitrogen and oxygen atoms in total. The number of alkyl halides is 1. The van der Waals surface area contributed by atoms with Gasteiger partial charge in [0.15, 0.2) is 0 Å². The van der Waals surface area contributed by atoms with Gasteiger partial charge in [-0.3, -0.25) is 0 Å². The number of benzene rings is 2. The van der Waals surface area contributed by atoms with Gasteiger partial charge in [0.1, 0.15) is 5.75 Å². The quantitative estimate of drug-likeness (QED) is 0.832. The predicted molar refractivity (Wildman–Crippen MR) is 82.0 cm³/mol. The molecule has 0 fully saturated rings. The molecule has 0 bridgehead atoms. The van der Waals surface area contributed by atoms with Crippen molar-refractivity contribution in [2.24, 2.45) is 0 Å². The minimum Gasteiger partial charge on any atom is -0.507 e. The van der Waals surface area contributed by atoms with Crippen LogP contribution in [-0.4, -0.2) is 24.1 Å². The van der Waals surface area contributed by atoms with Crippen molar-refractivity contribution >= 4 is 39.7 Å². The van der Waals surface area contributed by atoms with E-state index in [1.807, 2.05) is 24.3 Å². The van der Waals surface area contributed by atoms with E-state index in [0.29, 0.717) is 10.9 Å². The van der Waals surface area contributed by atoms with Crippen molar-refractivity contribution in [3.8, 4) is 5.75 Å². The van der Waals surface area contributed by atoms with Gasteiger partial charge in [-0.1, -0.05) is 23.7 Å². The minimum atomic E-state index is 0.264. The average molecular weight is 296 g/mol. The molecule has 0 saturated heterocycles. The Labute approximate surface area is 122 Å². The number of halogens is 2. The number of anilines is 1. The first-order valence-electron chi connectivity index (χ1n) is 6.42. The minimum absolute atomic E-state index is 0.264. The fraction of sp³-hybridized carbons (Fsp3) is 0.333. The molecule has 19 heavy (non-hydrogen) atoms. The Morgan fingerprint density at radius 3 is 2.89 bits per heavy atom. The van der Waals surface area contributed by atoms with Gasteiger partial charge in [-0.15, -0.1) is 11.6 Å². The van der Waals surface area contributed by atoms with Gasteiger partial charge < -0.3 is 10.0 Å². The van der Waals surface area contributed by atoms with E-state index < -0.39 is 0 Å². The number of nitrogens with zero attached hydrogens (tertiary/aromatic N) is 1. The Balaban J connectivity index is 2.39. The molecule has 0 aromatic heterocycles. The number of rotatable bonds is 2. The summed E-state index contributed by atoms with van der Waals surface area (Å²) < 4.78 is 0. The van der Waals surface area contributed by atoms with Crippen LogP contribution >= 0.6 is 23.2 Å². The molecule has 1 N–H and O–H groups in total. The predicted octanol–water partition coefficient (Wildman–Crippen LogP) is 4.36. The largest absolute Gasteiger partial charge is 0.507 e. The van der Waals surface area contributed by atoms with E-state index in [2.05, 4.69) is 11.8 Å². The molecule has 2 aromatic rings. The first-order valence-corrected chi connectivity index (χ1v) is 7.33. The SMILES string of the molecule is CCN1C[C@@H](CCl)c2c1cc(O)c1cccc(Cl)c21. The normalized spacial score (nSPS) is 18.1. The molecule has 1 aliphatic rings. The number of hydrogen-bond acceptors (Lipinski definition) is 2. The smallest absolute Gasteiger partial charge is 0.125 e. The molecule has 0 saturated carbocycles. The highest BCUT2D eigenvalue weighted by Crippen LogP contribution is 2.46. The van der Waals surface area contributed by atoms with E-state index in [9.17, 15) is 5.11 Å². The molecule has 0 aliphatic carbocycles. The van der Waals surface area contributed by atoms with Crippen LogP contribution in [0.1, 0.15) is 18.4 Å². The van der Waals surface area contributed by atoms with Gasteiger partial charge in [-0.2, -0.15) is 0 Å². The second kappa shape index (κ2) is 4.77. The zero-order chi connectivity index (χ0) is 13.6. The number of aromatic hydroxyl groups is 1. The summed E-state index contributed by atoms with van der Waals surface area (Å²) in [5.74, 6) is 1.11. The zero-order valence-electron chi connectivity index (χ0n) is 10.7. The van der Waals surface area contributed by atoms with E-state index in [1.54, 1.807) is 0 Å². The van der Waals surface area contributed by atoms with Crippen LogP contribution in [0.2, 0.25) is 5.02 Å². The Bertz CT molecular complexity index is 642. The van der Waals surface area contributed by atoms with Crippen LogP contribution < -0.4 is 4.90 Å². The third-order valence-corrected chi connectivity index (χ3v) is 4.55. The first-order chi connectivity index (χ1) is 9.17. The highest BCUT2D eigenvalue weighted by molar-refractivity contribution is 6.36. The molecule has 0 spiro atoms. The topological polar surface area (TPSA) is 23.5 Å². The highest BCUT2D eigenvalue weighted by Gasteiger charge is 2.30. The maximum atomic E-state index is 10.2. The number of likely N-dealkylation sites (N-methyl/N-ethyl adjacent to an activating group) is 1. The lowest BCUT2D eigenvalue weighted by Gasteiger charge is -2.17. The number of phenolic OH excluding ortho intramolecular Hbond substituents is 1. The van der Waals surface area contributed by atoms with Crippen LogP contribution in [0.3, 0.4) is 0 Å². The van der Waals surface area contributed by atoms with Crippen molar-refractivity contribution < 1.29 is 5.11 Å². The fourth-order valence-corrected chi connectivity index (χ4v) is 3.51. The second-order valence-electron chi connectivity index (χ2n) is 4.88. The number of fused-ring (bicyclic) bond motifs is 3. The number of phenols is 1. The summed E-state index contributed by atoms with van der Waals surface area (Å²) in [6.45, 7) is 3.89. The van der Waals surface area contributed by atoms with E-state index >= 15 is 0 Å². The molecular weight excluding hydrogens is 281 g/mol. The van der Waals surface area contributed by atoms with Crippen LogP contribution in [0.15, 0.2) is 24.3 Å². The van der Waals surface area contributed by atoms with Crippen LogP contribution in [0.4, 0.5) is 5.69 Å². The summed E-state index contributed by atoms with van der Waals surface area (Å²) in [5.41, 5.74) is 2.24. The highest BCUT2D eigenvalue weighted by atomic mass is 35.5. The lowest BCUT2D eigenvalue weighted by atomic mass is 9.95. The van der Waals surface area contributed by atoms with Crippen LogP contribution in [-0.2, 0) is 0 Å². The monoisotopic (exact) mass is 295 g/mol. The Morgan fingerprint density at radius 2 is 2.21 bits per heavy atom. The van der Waals surface area contributed by atoms with Crippen LogP contribution in [0.25, 0.3) is 10.8 Å². The Hall–Kier alpha value is -1.12. The van der Waals surface area contributed by atoms with Gasteiger partial charge in [0.05, 0.1) is 0 Å². The fourth-order valence-electron chi connectivity index (χ4n) is 2.98. The van der Waals surface area contributed by atoms with Crippen LogP contribution in [0.5, 0.6) is 5.75 Å². The van der Waals surface area contributed by atoms with Gasteiger partial charge in [-0.05, 0) is 18.6 Å². The van der Waals surface area contributed by atoms with Crippen molar-refractivity contribution in [3.63, 3.8) is 0 Å². The number of hydrogen-bond donors (Lipinski definition) is 1. The lowest BCUT2D eigenvalue weighted by Crippen LogP contribution is -2.21. The standard InChI is InChI=1S/C15H15Cl2NO/c1-2-18-8-9(7-16)14-12(18)6-13(19)10-4-3-5-11(17)15(10)14/h3-6,9,19H,2,7-8H2,1H3/t9-/m1/s1. The zero-order valence-corrected chi connectivity index (χ0v) is 12.2. The first kappa shape index (κ1) is 12.9. The van der Waals surface area contributed by atoms with Crippen molar-refractivity contribution in [1.29, 1.82) is 0 Å². The van der Waals surface area contributed by atoms with Crippen molar-refractivity contribution in [2.45, 2.75) is 12.8 Å². The lowest BCUT2D eigenvalue weighted by molar-refractivity contribution is 0.481. The summed E-state index contributed by atoms with van der Waals surface area (Å²) >= 11 is 12.5. The summed E-state index contributed by atoms with van der Waals surface area (Å²) in [6, 6.07) is 7.46. The van der Waals surface area contributed by atoms with E-state index in [0.717, 1.165) is 29.5 Å². The van der Waals surface area contributed by atoms with Crippen molar-refractivity contribution in [1.82, 2.24) is 0 Å². The van der Waals surface area contributed by atoms with Crippen molar-refractivity contribution in [3.05, 3.63) is 34.9 Å². The molecule has 2 aromatic carbocycles. The maximum Gasteiger partial charge on any atom is 0.125 e. The third-order valence-electron chi connectivity index (χ3n) is 3.87. The van der Waals surface area contributed by atoms with E-state index in [4.69, 9.17) is 23.2 Å². The third kappa shape index (κ3) is 1.86. The van der Waals surface area contributed by atoms with Gasteiger partial charge in [0, 0.05) is 52.4 Å². The molecule has 100 valence electrons. The summed E-state index contributed by atoms with van der Waals surface area (Å²) in [4.78, 5) is 2.24. The second-order valence-corrected chi connectivity index (χ2v) is 5.60. The molecule has 1 aliphatic heterocycles. The molecule has 1 heterocycles. The molecule has 3 rings (SSSR count). The van der Waals surface area contributed by atoms with Gasteiger partial charge in [0.25, 0.3) is 0 Å². The Kier molecular flexibility index (Phi) is 3.23. The van der Waals surface area contributed by atoms with Crippen LogP contribution in [0, 0.1) is 0 Å². The molecule has 0 amide bonds. The van der Waals surface area contributed by atoms with Gasteiger partial charge in [0.2, 0.25) is 0 Å². The molecule has 0 unspecified atom stereocenters. The molecule has 4 heteroatoms. The summed E-state index contributed by atoms with van der Waals surface area (Å²) in [7, 11) is 0. The van der Waals surface area contributed by atoms with Gasteiger partial charge >= 0.3 is 0 Å². The maximum absolute atomic E-state index is 10.2. The average Bonchev–Trinajstić information content (AvgIpc) is 2.77. The van der Waals surface area contributed by atoms with E-state index in [1.165, 1.54) is 5.56 Å². The molecule has 1 atom stereocenters. The molecular formula is C15H15Cl2NO. The Morgan fingerprint density at radius 1 is 1.42 bits per heavy atom. The van der Waals surface area contributed by atoms with Gasteiger partial charge in [-0.25, -0.2) is 0 Å². The van der Waals surface area contributed by atoms with E-state index in [-0.39, 0.29) is 11.7 Å². The van der Waals surface area contributed by atoms with Crippen molar-refractivity contribution in [2.75, 3.05) is 23.9 Å². The molecule has 0 radical (unpaired) electrons. The summed E-state index contributed by atoms with van der Waals surface area (Å²) in [5, 5.41) is 12.6.